The molecule has 1 aliphatic carbocycles. The largest absolute Gasteiger partial charge is 0.344 e. The molecular formula is C17H17FN2O. The molecule has 21 heavy (non-hydrogen) atoms. The summed E-state index contributed by atoms with van der Waals surface area (Å²) < 4.78 is 13.1. The van der Waals surface area contributed by atoms with Crippen molar-refractivity contribution in [3.63, 3.8) is 0 Å². The number of halogens is 1. The van der Waals surface area contributed by atoms with Crippen LogP contribution < -0.4 is 5.32 Å². The molecule has 1 fully saturated rings. The Kier molecular flexibility index (Phi) is 3.95. The second kappa shape index (κ2) is 6.04. The van der Waals surface area contributed by atoms with Crippen LogP contribution in [0, 0.1) is 11.7 Å². The van der Waals surface area contributed by atoms with Crippen molar-refractivity contribution in [2.75, 3.05) is 0 Å². The van der Waals surface area contributed by atoms with E-state index in [2.05, 4.69) is 10.3 Å². The predicted octanol–water partition coefficient (Wildman–Crippen LogP) is 3.49. The molecule has 1 amide bonds. The number of carbonyl (C=O) groups is 1. The highest BCUT2D eigenvalue weighted by Crippen LogP contribution is 2.37. The molecule has 1 saturated carbocycles. The van der Waals surface area contributed by atoms with Gasteiger partial charge in [0.05, 0.1) is 6.04 Å². The van der Waals surface area contributed by atoms with Crippen LogP contribution in [0.1, 0.15) is 41.4 Å². The monoisotopic (exact) mass is 284 g/mol. The fourth-order valence-corrected chi connectivity index (χ4v) is 2.63. The van der Waals surface area contributed by atoms with Crippen molar-refractivity contribution in [3.8, 4) is 0 Å². The predicted molar refractivity (Wildman–Crippen MR) is 78.2 cm³/mol. The van der Waals surface area contributed by atoms with Gasteiger partial charge >= 0.3 is 0 Å². The summed E-state index contributed by atoms with van der Waals surface area (Å²) in [6.45, 7) is 0. The van der Waals surface area contributed by atoms with E-state index in [-0.39, 0.29) is 17.8 Å². The number of nitrogens with zero attached hydrogens (tertiary/aromatic N) is 1. The van der Waals surface area contributed by atoms with E-state index in [0.29, 0.717) is 11.6 Å². The van der Waals surface area contributed by atoms with Gasteiger partial charge in [0.2, 0.25) is 0 Å². The number of aromatic nitrogens is 1. The summed E-state index contributed by atoms with van der Waals surface area (Å²) in [5, 5.41) is 3.05. The van der Waals surface area contributed by atoms with Crippen LogP contribution in [0.4, 0.5) is 4.39 Å². The Morgan fingerprint density at radius 2 is 1.95 bits per heavy atom. The summed E-state index contributed by atoms with van der Waals surface area (Å²) in [4.78, 5) is 16.4. The highest BCUT2D eigenvalue weighted by molar-refractivity contribution is 5.92. The topological polar surface area (TPSA) is 42.0 Å². The Labute approximate surface area is 123 Å². The molecule has 0 saturated heterocycles. The minimum absolute atomic E-state index is 0.0751. The van der Waals surface area contributed by atoms with E-state index in [1.165, 1.54) is 18.6 Å². The lowest BCUT2D eigenvalue weighted by molar-refractivity contribution is 0.0895. The van der Waals surface area contributed by atoms with Crippen molar-refractivity contribution in [2.45, 2.75) is 25.3 Å². The normalized spacial score (nSPS) is 16.0. The maximum Gasteiger partial charge on any atom is 0.270 e. The van der Waals surface area contributed by atoms with Gasteiger partial charge in [-0.25, -0.2) is 4.39 Å². The van der Waals surface area contributed by atoms with Gasteiger partial charge in [0.25, 0.3) is 5.91 Å². The van der Waals surface area contributed by atoms with Crippen molar-refractivity contribution >= 4 is 5.91 Å². The summed E-state index contributed by atoms with van der Waals surface area (Å²) in [5.41, 5.74) is 1.36. The van der Waals surface area contributed by atoms with E-state index in [1.807, 2.05) is 0 Å². The van der Waals surface area contributed by atoms with Crippen molar-refractivity contribution in [1.82, 2.24) is 10.3 Å². The van der Waals surface area contributed by atoms with Crippen LogP contribution >= 0.6 is 0 Å². The zero-order valence-corrected chi connectivity index (χ0v) is 11.6. The summed E-state index contributed by atoms with van der Waals surface area (Å²) >= 11 is 0. The molecule has 1 aliphatic rings. The van der Waals surface area contributed by atoms with Crippen LogP contribution in [-0.4, -0.2) is 10.9 Å². The molecule has 1 heterocycles. The van der Waals surface area contributed by atoms with Crippen molar-refractivity contribution in [2.24, 2.45) is 5.92 Å². The molecule has 1 unspecified atom stereocenters. The Balaban J connectivity index is 1.80. The van der Waals surface area contributed by atoms with Gasteiger partial charge in [-0.15, -0.1) is 0 Å². The minimum Gasteiger partial charge on any atom is -0.344 e. The lowest BCUT2D eigenvalue weighted by Crippen LogP contribution is -2.36. The van der Waals surface area contributed by atoms with Crippen molar-refractivity contribution in [3.05, 3.63) is 65.7 Å². The van der Waals surface area contributed by atoms with Gasteiger partial charge in [-0.05, 0) is 48.6 Å². The number of pyridine rings is 1. The Morgan fingerprint density at radius 3 is 2.52 bits per heavy atom. The van der Waals surface area contributed by atoms with Gasteiger partial charge in [0.15, 0.2) is 0 Å². The van der Waals surface area contributed by atoms with Gasteiger partial charge in [-0.2, -0.15) is 0 Å². The first-order chi connectivity index (χ1) is 10.2. The highest BCUT2D eigenvalue weighted by Gasteiger charge is 2.30. The smallest absolute Gasteiger partial charge is 0.270 e. The van der Waals surface area contributed by atoms with Crippen LogP contribution in [0.2, 0.25) is 0 Å². The third kappa shape index (κ3) is 3.10. The third-order valence-electron chi connectivity index (χ3n) is 4.03. The maximum absolute atomic E-state index is 13.1. The van der Waals surface area contributed by atoms with Crippen LogP contribution in [0.15, 0.2) is 48.7 Å². The number of rotatable bonds is 4. The fraction of sp³-hybridized carbons (Fsp3) is 0.294. The SMILES string of the molecule is O=C(NC(c1ccc(F)cc1)C1CCC1)c1ccccn1. The maximum atomic E-state index is 13.1. The number of hydrogen-bond acceptors (Lipinski definition) is 2. The number of benzene rings is 1. The molecule has 2 aromatic rings. The van der Waals surface area contributed by atoms with Gasteiger partial charge in [-0.3, -0.25) is 9.78 Å². The molecule has 3 rings (SSSR count). The zero-order chi connectivity index (χ0) is 14.7. The first-order valence-corrected chi connectivity index (χ1v) is 7.21. The van der Waals surface area contributed by atoms with Gasteiger partial charge in [-0.1, -0.05) is 24.6 Å². The number of amides is 1. The van der Waals surface area contributed by atoms with E-state index in [4.69, 9.17) is 0 Å². The summed E-state index contributed by atoms with van der Waals surface area (Å²) in [5.74, 6) is -0.0258. The summed E-state index contributed by atoms with van der Waals surface area (Å²) in [7, 11) is 0. The molecule has 0 aliphatic heterocycles. The van der Waals surface area contributed by atoms with Crippen LogP contribution in [-0.2, 0) is 0 Å². The van der Waals surface area contributed by atoms with Crippen LogP contribution in [0.25, 0.3) is 0 Å². The first kappa shape index (κ1) is 13.7. The van der Waals surface area contributed by atoms with Crippen LogP contribution in [0.5, 0.6) is 0 Å². The highest BCUT2D eigenvalue weighted by atomic mass is 19.1. The minimum atomic E-state index is -0.262. The molecule has 3 nitrogen and oxygen atoms in total. The average Bonchev–Trinajstić information content (AvgIpc) is 2.46. The zero-order valence-electron chi connectivity index (χ0n) is 11.6. The number of hydrogen-bond donors (Lipinski definition) is 1. The summed E-state index contributed by atoms with van der Waals surface area (Å²) in [6, 6.07) is 11.6. The van der Waals surface area contributed by atoms with E-state index >= 15 is 0 Å². The molecule has 0 spiro atoms. The van der Waals surface area contributed by atoms with Gasteiger partial charge < -0.3 is 5.32 Å². The molecule has 108 valence electrons. The average molecular weight is 284 g/mol. The Bertz CT molecular complexity index is 608. The second-order valence-electron chi connectivity index (χ2n) is 5.41. The van der Waals surface area contributed by atoms with Gasteiger partial charge in [0.1, 0.15) is 11.5 Å². The van der Waals surface area contributed by atoms with Crippen molar-refractivity contribution < 1.29 is 9.18 Å². The van der Waals surface area contributed by atoms with Gasteiger partial charge in [0, 0.05) is 6.20 Å². The van der Waals surface area contributed by atoms with E-state index in [9.17, 15) is 9.18 Å². The van der Waals surface area contributed by atoms with Crippen LogP contribution in [0.3, 0.4) is 0 Å². The standard InChI is InChI=1S/C17H17FN2O/c18-14-9-7-13(8-10-14)16(12-4-3-5-12)20-17(21)15-6-1-2-11-19-15/h1-2,6-12,16H,3-5H2,(H,20,21). The Hall–Kier alpha value is -2.23. The molecule has 0 radical (unpaired) electrons. The number of nitrogens with one attached hydrogen (secondary N) is 1. The lowest BCUT2D eigenvalue weighted by Gasteiger charge is -2.34. The molecule has 1 atom stereocenters. The van der Waals surface area contributed by atoms with E-state index < -0.39 is 0 Å². The molecule has 4 heteroatoms. The number of carbonyl (C=O) groups excluding carboxylic acids is 1. The molecule has 1 aromatic carbocycles. The van der Waals surface area contributed by atoms with Crippen molar-refractivity contribution in [1.29, 1.82) is 0 Å². The molecular weight excluding hydrogens is 267 g/mol. The summed E-state index contributed by atoms with van der Waals surface area (Å²) in [6.07, 6.45) is 4.96. The lowest BCUT2D eigenvalue weighted by atomic mass is 9.77. The first-order valence-electron chi connectivity index (χ1n) is 7.21. The Morgan fingerprint density at radius 1 is 1.19 bits per heavy atom. The third-order valence-corrected chi connectivity index (χ3v) is 4.03. The quantitative estimate of drug-likeness (QED) is 0.933. The molecule has 1 N–H and O–H groups in total. The molecule has 0 bridgehead atoms. The fourth-order valence-electron chi connectivity index (χ4n) is 2.63. The van der Waals surface area contributed by atoms with E-state index in [1.54, 1.807) is 36.5 Å². The second-order valence-corrected chi connectivity index (χ2v) is 5.41. The van der Waals surface area contributed by atoms with E-state index in [0.717, 1.165) is 18.4 Å². The molecule has 1 aromatic heterocycles.